The highest BCUT2D eigenvalue weighted by molar-refractivity contribution is 5.94. The third-order valence-corrected chi connectivity index (χ3v) is 6.43. The maximum atomic E-state index is 12.8. The standard InChI is InChI=1S/C23H24N6O2/c30-20(25-16-18-8-4-5-12-24-18)19-26-27-22-23(11-15-29(19)22)9-13-28(14-10-23)21(31)17-6-2-1-3-7-17/h1-8,12H,9-11,13-16H2,(H,25,30). The number of hydrogen-bond donors (Lipinski definition) is 1. The summed E-state index contributed by atoms with van der Waals surface area (Å²) in [4.78, 5) is 31.6. The molecular formula is C23H24N6O2. The van der Waals surface area contributed by atoms with Crippen LogP contribution < -0.4 is 5.32 Å². The molecule has 0 radical (unpaired) electrons. The highest BCUT2D eigenvalue weighted by atomic mass is 16.2. The molecule has 2 aliphatic rings. The summed E-state index contributed by atoms with van der Waals surface area (Å²) in [5.41, 5.74) is 1.41. The Morgan fingerprint density at radius 2 is 1.68 bits per heavy atom. The van der Waals surface area contributed by atoms with Crippen molar-refractivity contribution in [3.05, 3.63) is 77.6 Å². The number of carbonyl (C=O) groups is 2. The molecule has 1 saturated heterocycles. The maximum absolute atomic E-state index is 12.8. The van der Waals surface area contributed by atoms with Crippen molar-refractivity contribution in [3.8, 4) is 0 Å². The first-order chi connectivity index (χ1) is 15.2. The molecule has 2 aromatic heterocycles. The number of likely N-dealkylation sites (tertiary alicyclic amines) is 1. The summed E-state index contributed by atoms with van der Waals surface area (Å²) in [6, 6.07) is 15.0. The average molecular weight is 416 g/mol. The Bertz CT molecular complexity index is 1090. The van der Waals surface area contributed by atoms with Gasteiger partial charge in [0.05, 0.1) is 12.2 Å². The largest absolute Gasteiger partial charge is 0.344 e. The lowest BCUT2D eigenvalue weighted by Crippen LogP contribution is -2.44. The third-order valence-electron chi connectivity index (χ3n) is 6.43. The summed E-state index contributed by atoms with van der Waals surface area (Å²) in [6.45, 7) is 2.44. The van der Waals surface area contributed by atoms with Crippen molar-refractivity contribution < 1.29 is 9.59 Å². The average Bonchev–Trinajstić information content (AvgIpc) is 3.41. The number of rotatable bonds is 4. The van der Waals surface area contributed by atoms with Gasteiger partial charge in [0.25, 0.3) is 11.8 Å². The summed E-state index contributed by atoms with van der Waals surface area (Å²) < 4.78 is 1.95. The van der Waals surface area contributed by atoms with E-state index in [0.717, 1.165) is 42.9 Å². The molecule has 1 spiro atoms. The summed E-state index contributed by atoms with van der Waals surface area (Å²) in [5.74, 6) is 1.07. The lowest BCUT2D eigenvalue weighted by molar-refractivity contribution is 0.0662. The SMILES string of the molecule is O=C(NCc1ccccn1)c1nnc2n1CCC21CCN(C(=O)c2ccccc2)CC1. The van der Waals surface area contributed by atoms with Crippen molar-refractivity contribution >= 4 is 11.8 Å². The molecule has 3 aromatic rings. The molecule has 0 atom stereocenters. The highest BCUT2D eigenvalue weighted by Gasteiger charge is 2.46. The molecule has 1 fully saturated rings. The Balaban J connectivity index is 1.26. The van der Waals surface area contributed by atoms with E-state index < -0.39 is 0 Å². The summed E-state index contributed by atoms with van der Waals surface area (Å²) in [5, 5.41) is 11.5. The van der Waals surface area contributed by atoms with E-state index in [1.165, 1.54) is 0 Å². The monoisotopic (exact) mass is 416 g/mol. The van der Waals surface area contributed by atoms with Gasteiger partial charge in [-0.1, -0.05) is 24.3 Å². The number of amides is 2. The van der Waals surface area contributed by atoms with Crippen LogP contribution in [0.4, 0.5) is 0 Å². The van der Waals surface area contributed by atoms with Crippen LogP contribution in [0.5, 0.6) is 0 Å². The van der Waals surface area contributed by atoms with Crippen LogP contribution in [0.3, 0.4) is 0 Å². The second-order valence-corrected chi connectivity index (χ2v) is 8.19. The zero-order valence-electron chi connectivity index (χ0n) is 17.2. The zero-order chi connectivity index (χ0) is 21.3. The fourth-order valence-corrected chi connectivity index (χ4v) is 4.64. The van der Waals surface area contributed by atoms with Crippen LogP contribution in [0.1, 0.15) is 51.8 Å². The van der Waals surface area contributed by atoms with Crippen molar-refractivity contribution in [3.63, 3.8) is 0 Å². The lowest BCUT2D eigenvalue weighted by Gasteiger charge is -2.38. The number of carbonyl (C=O) groups excluding carboxylic acids is 2. The minimum atomic E-state index is -0.238. The molecule has 31 heavy (non-hydrogen) atoms. The quantitative estimate of drug-likeness (QED) is 0.704. The molecule has 4 heterocycles. The number of benzene rings is 1. The van der Waals surface area contributed by atoms with Crippen molar-refractivity contribution in [2.45, 2.75) is 37.8 Å². The molecule has 0 saturated carbocycles. The molecule has 158 valence electrons. The molecule has 5 rings (SSSR count). The Morgan fingerprint density at radius 3 is 2.42 bits per heavy atom. The van der Waals surface area contributed by atoms with E-state index in [4.69, 9.17) is 0 Å². The van der Waals surface area contributed by atoms with Gasteiger partial charge in [0, 0.05) is 36.8 Å². The van der Waals surface area contributed by atoms with Crippen molar-refractivity contribution in [2.75, 3.05) is 13.1 Å². The predicted octanol–water partition coefficient (Wildman–Crippen LogP) is 2.18. The van der Waals surface area contributed by atoms with Gasteiger partial charge >= 0.3 is 0 Å². The lowest BCUT2D eigenvalue weighted by atomic mass is 9.76. The van der Waals surface area contributed by atoms with Gasteiger partial charge in [0.1, 0.15) is 5.82 Å². The van der Waals surface area contributed by atoms with Crippen LogP contribution in [-0.2, 0) is 18.5 Å². The summed E-state index contributed by atoms with van der Waals surface area (Å²) >= 11 is 0. The van der Waals surface area contributed by atoms with E-state index in [0.29, 0.717) is 25.5 Å². The Labute approximate surface area is 180 Å². The van der Waals surface area contributed by atoms with E-state index in [1.807, 2.05) is 58.0 Å². The maximum Gasteiger partial charge on any atom is 0.289 e. The Hall–Kier alpha value is -3.55. The minimum Gasteiger partial charge on any atom is -0.344 e. The van der Waals surface area contributed by atoms with Crippen LogP contribution in [0.15, 0.2) is 54.7 Å². The van der Waals surface area contributed by atoms with Gasteiger partial charge in [-0.05, 0) is 43.5 Å². The third kappa shape index (κ3) is 3.58. The molecule has 8 nitrogen and oxygen atoms in total. The molecule has 0 bridgehead atoms. The summed E-state index contributed by atoms with van der Waals surface area (Å²) in [6.07, 6.45) is 4.29. The summed E-state index contributed by atoms with van der Waals surface area (Å²) in [7, 11) is 0. The van der Waals surface area contributed by atoms with Gasteiger partial charge in [-0.2, -0.15) is 0 Å². The molecule has 2 amide bonds. The van der Waals surface area contributed by atoms with E-state index >= 15 is 0 Å². The molecule has 0 unspecified atom stereocenters. The predicted molar refractivity (Wildman–Crippen MR) is 113 cm³/mol. The van der Waals surface area contributed by atoms with Crippen LogP contribution in [0, 0.1) is 0 Å². The smallest absolute Gasteiger partial charge is 0.289 e. The number of pyridine rings is 1. The second kappa shape index (κ2) is 7.94. The molecule has 1 aromatic carbocycles. The van der Waals surface area contributed by atoms with Crippen LogP contribution in [0.25, 0.3) is 0 Å². The number of nitrogens with one attached hydrogen (secondary N) is 1. The van der Waals surface area contributed by atoms with Crippen LogP contribution in [-0.4, -0.2) is 49.6 Å². The van der Waals surface area contributed by atoms with Crippen molar-refractivity contribution in [1.29, 1.82) is 0 Å². The van der Waals surface area contributed by atoms with Gasteiger partial charge in [-0.15, -0.1) is 10.2 Å². The fraction of sp³-hybridized carbons (Fsp3) is 0.348. The van der Waals surface area contributed by atoms with Crippen molar-refractivity contribution in [2.24, 2.45) is 0 Å². The van der Waals surface area contributed by atoms with Gasteiger partial charge in [-0.3, -0.25) is 14.6 Å². The highest BCUT2D eigenvalue weighted by Crippen LogP contribution is 2.42. The number of aromatic nitrogens is 4. The Kier molecular flexibility index (Phi) is 4.97. The first-order valence-corrected chi connectivity index (χ1v) is 10.6. The molecule has 2 aliphatic heterocycles. The van der Waals surface area contributed by atoms with E-state index in [2.05, 4.69) is 20.5 Å². The van der Waals surface area contributed by atoms with E-state index in [-0.39, 0.29) is 17.2 Å². The van der Waals surface area contributed by atoms with Crippen molar-refractivity contribution in [1.82, 2.24) is 30.0 Å². The molecule has 0 aliphatic carbocycles. The normalized spacial score (nSPS) is 16.8. The van der Waals surface area contributed by atoms with Gasteiger partial charge in [-0.25, -0.2) is 0 Å². The first kappa shape index (κ1) is 19.4. The van der Waals surface area contributed by atoms with Crippen LogP contribution in [0.2, 0.25) is 0 Å². The number of nitrogens with zero attached hydrogens (tertiary/aromatic N) is 5. The van der Waals surface area contributed by atoms with E-state index in [9.17, 15) is 9.59 Å². The van der Waals surface area contributed by atoms with Crippen LogP contribution >= 0.6 is 0 Å². The zero-order valence-corrected chi connectivity index (χ0v) is 17.2. The molecule has 1 N–H and O–H groups in total. The second-order valence-electron chi connectivity index (χ2n) is 8.19. The minimum absolute atomic E-state index is 0.0736. The molecule has 8 heteroatoms. The Morgan fingerprint density at radius 1 is 0.935 bits per heavy atom. The molecular weight excluding hydrogens is 392 g/mol. The first-order valence-electron chi connectivity index (χ1n) is 10.6. The number of piperidine rings is 1. The van der Waals surface area contributed by atoms with Gasteiger partial charge in [0.15, 0.2) is 0 Å². The van der Waals surface area contributed by atoms with Gasteiger partial charge < -0.3 is 14.8 Å². The topological polar surface area (TPSA) is 93.0 Å². The van der Waals surface area contributed by atoms with Gasteiger partial charge in [0.2, 0.25) is 5.82 Å². The van der Waals surface area contributed by atoms with E-state index in [1.54, 1.807) is 6.20 Å². The number of hydrogen-bond acceptors (Lipinski definition) is 5. The number of fused-ring (bicyclic) bond motifs is 2. The fourth-order valence-electron chi connectivity index (χ4n) is 4.64.